The molecule has 1 rings (SSSR count). The molecule has 0 amide bonds. The van der Waals surface area contributed by atoms with Gasteiger partial charge < -0.3 is 4.74 Å². The van der Waals surface area contributed by atoms with Crippen molar-refractivity contribution in [3.05, 3.63) is 35.9 Å². The minimum Gasteiger partial charge on any atom is -0.465 e. The van der Waals surface area contributed by atoms with E-state index in [1.807, 2.05) is 37.3 Å². The molecule has 1 aromatic carbocycles. The summed E-state index contributed by atoms with van der Waals surface area (Å²) in [5, 5.41) is 0. The van der Waals surface area contributed by atoms with E-state index in [-0.39, 0.29) is 5.97 Å². The van der Waals surface area contributed by atoms with Gasteiger partial charge in [-0.3, -0.25) is 4.79 Å². The molecule has 1 atom stereocenters. The predicted octanol–water partition coefficient (Wildman–Crippen LogP) is 6.02. The first kappa shape index (κ1) is 19.5. The van der Waals surface area contributed by atoms with Crippen LogP contribution in [0.1, 0.15) is 70.8 Å². The molecule has 0 N–H and O–H groups in total. The molecule has 0 fully saturated rings. The molecule has 0 aromatic heterocycles. The van der Waals surface area contributed by atoms with E-state index in [1.165, 1.54) is 38.5 Å². The lowest BCUT2D eigenvalue weighted by Crippen LogP contribution is -2.31. The first-order valence-electron chi connectivity index (χ1n) is 8.56. The van der Waals surface area contributed by atoms with Gasteiger partial charge in [-0.2, -0.15) is 0 Å². The van der Waals surface area contributed by atoms with Crippen LogP contribution in [0.4, 0.5) is 0 Å². The fraction of sp³-hybridized carbons (Fsp3) is 0.632. The number of rotatable bonds is 11. The van der Waals surface area contributed by atoms with Crippen molar-refractivity contribution in [2.45, 2.75) is 68.6 Å². The van der Waals surface area contributed by atoms with E-state index in [0.29, 0.717) is 6.61 Å². The van der Waals surface area contributed by atoms with Crippen LogP contribution in [0.3, 0.4) is 0 Å². The van der Waals surface area contributed by atoms with E-state index in [0.717, 1.165) is 18.4 Å². The van der Waals surface area contributed by atoms with E-state index < -0.39 is 3.42 Å². The normalized spacial score (nSPS) is 13.6. The van der Waals surface area contributed by atoms with Gasteiger partial charge >= 0.3 is 5.97 Å². The Bertz CT molecular complexity index is 419. The van der Waals surface area contributed by atoms with Gasteiger partial charge in [0.2, 0.25) is 0 Å². The lowest BCUT2D eigenvalue weighted by Gasteiger charge is -2.26. The first-order valence-corrected chi connectivity index (χ1v) is 9.64. The molecule has 1 unspecified atom stereocenters. The molecule has 124 valence electrons. The summed E-state index contributed by atoms with van der Waals surface area (Å²) in [6.45, 7) is 4.55. The SMILES string of the molecule is CCCCCCCCCC(I)(C(=O)OCC)c1ccccc1. The van der Waals surface area contributed by atoms with Crippen LogP contribution in [0.5, 0.6) is 0 Å². The van der Waals surface area contributed by atoms with E-state index in [2.05, 4.69) is 29.5 Å². The van der Waals surface area contributed by atoms with E-state index in [4.69, 9.17) is 4.74 Å². The highest BCUT2D eigenvalue weighted by atomic mass is 127. The van der Waals surface area contributed by atoms with Gasteiger partial charge in [-0.25, -0.2) is 0 Å². The summed E-state index contributed by atoms with van der Waals surface area (Å²) in [6.07, 6.45) is 9.66. The van der Waals surface area contributed by atoms with Gasteiger partial charge in [0.05, 0.1) is 6.61 Å². The number of hydrogen-bond acceptors (Lipinski definition) is 2. The number of ether oxygens (including phenoxy) is 1. The first-order chi connectivity index (χ1) is 10.6. The van der Waals surface area contributed by atoms with Gasteiger partial charge in [0, 0.05) is 0 Å². The maximum Gasteiger partial charge on any atom is 0.326 e. The van der Waals surface area contributed by atoms with E-state index >= 15 is 0 Å². The molecular formula is C19H29IO2. The van der Waals surface area contributed by atoms with Gasteiger partial charge in [0.25, 0.3) is 0 Å². The van der Waals surface area contributed by atoms with Crippen LogP contribution in [0.2, 0.25) is 0 Å². The Labute approximate surface area is 149 Å². The Morgan fingerprint density at radius 2 is 1.59 bits per heavy atom. The third-order valence-corrected chi connectivity index (χ3v) is 5.56. The Morgan fingerprint density at radius 1 is 1.00 bits per heavy atom. The van der Waals surface area contributed by atoms with Gasteiger partial charge in [-0.15, -0.1) is 0 Å². The minimum absolute atomic E-state index is 0.104. The monoisotopic (exact) mass is 416 g/mol. The predicted molar refractivity (Wildman–Crippen MR) is 101 cm³/mol. The second-order valence-electron chi connectivity index (χ2n) is 5.76. The van der Waals surface area contributed by atoms with Gasteiger partial charge in [-0.05, 0) is 18.9 Å². The molecule has 0 aliphatic carbocycles. The van der Waals surface area contributed by atoms with Crippen LogP contribution in [-0.4, -0.2) is 12.6 Å². The number of carbonyl (C=O) groups excluding carboxylic acids is 1. The zero-order valence-corrected chi connectivity index (χ0v) is 16.1. The van der Waals surface area contributed by atoms with Crippen molar-refractivity contribution in [3.8, 4) is 0 Å². The van der Waals surface area contributed by atoms with Crippen molar-refractivity contribution < 1.29 is 9.53 Å². The molecule has 0 bridgehead atoms. The molecule has 0 saturated carbocycles. The molecule has 22 heavy (non-hydrogen) atoms. The second kappa shape index (κ2) is 11.0. The number of hydrogen-bond donors (Lipinski definition) is 0. The molecule has 0 heterocycles. The molecule has 0 radical (unpaired) electrons. The number of esters is 1. The lowest BCUT2D eigenvalue weighted by atomic mass is 9.92. The summed E-state index contributed by atoms with van der Waals surface area (Å²) in [7, 11) is 0. The molecule has 1 aromatic rings. The largest absolute Gasteiger partial charge is 0.465 e. The second-order valence-corrected chi connectivity index (χ2v) is 7.60. The molecule has 0 aliphatic rings. The van der Waals surface area contributed by atoms with Gasteiger partial charge in [-0.1, -0.05) is 105 Å². The fourth-order valence-electron chi connectivity index (χ4n) is 2.64. The molecule has 3 heteroatoms. The average Bonchev–Trinajstić information content (AvgIpc) is 2.55. The van der Waals surface area contributed by atoms with Crippen LogP contribution in [-0.2, 0) is 13.0 Å². The van der Waals surface area contributed by atoms with Gasteiger partial charge in [0.1, 0.15) is 3.42 Å². The van der Waals surface area contributed by atoms with Crippen molar-refractivity contribution >= 4 is 28.6 Å². The van der Waals surface area contributed by atoms with Crippen molar-refractivity contribution in [2.75, 3.05) is 6.61 Å². The van der Waals surface area contributed by atoms with Crippen molar-refractivity contribution in [1.82, 2.24) is 0 Å². The van der Waals surface area contributed by atoms with Crippen LogP contribution < -0.4 is 0 Å². The van der Waals surface area contributed by atoms with E-state index in [9.17, 15) is 4.79 Å². The standard InChI is InChI=1S/C19H29IO2/c1-3-5-6-7-8-9-13-16-19(20,18(21)22-4-2)17-14-11-10-12-15-17/h10-12,14-15H,3-9,13,16H2,1-2H3. The highest BCUT2D eigenvalue weighted by Gasteiger charge is 2.38. The number of unbranched alkanes of at least 4 members (excludes halogenated alkanes) is 6. The highest BCUT2D eigenvalue weighted by molar-refractivity contribution is 14.1. The molecular weight excluding hydrogens is 387 g/mol. The maximum atomic E-state index is 12.4. The van der Waals surface area contributed by atoms with E-state index in [1.54, 1.807) is 0 Å². The van der Waals surface area contributed by atoms with Crippen LogP contribution in [0, 0.1) is 0 Å². The van der Waals surface area contributed by atoms with Crippen molar-refractivity contribution in [1.29, 1.82) is 0 Å². The Morgan fingerprint density at radius 3 is 2.18 bits per heavy atom. The molecule has 0 aliphatic heterocycles. The molecule has 0 saturated heterocycles. The maximum absolute atomic E-state index is 12.4. The Hall–Kier alpha value is -0.580. The zero-order chi connectivity index (χ0) is 16.3. The molecule has 0 spiro atoms. The summed E-state index contributed by atoms with van der Waals surface area (Å²) >= 11 is 2.29. The van der Waals surface area contributed by atoms with Crippen LogP contribution >= 0.6 is 22.6 Å². The summed E-state index contributed by atoms with van der Waals surface area (Å²) in [6, 6.07) is 10.0. The van der Waals surface area contributed by atoms with Crippen molar-refractivity contribution in [3.63, 3.8) is 0 Å². The molecule has 2 nitrogen and oxygen atoms in total. The third-order valence-electron chi connectivity index (χ3n) is 3.96. The Balaban J connectivity index is 2.55. The summed E-state index contributed by atoms with van der Waals surface area (Å²) in [5.74, 6) is -0.104. The third kappa shape index (κ3) is 6.27. The smallest absolute Gasteiger partial charge is 0.326 e. The summed E-state index contributed by atoms with van der Waals surface area (Å²) < 4.78 is 4.78. The minimum atomic E-state index is -0.543. The summed E-state index contributed by atoms with van der Waals surface area (Å²) in [4.78, 5) is 12.4. The van der Waals surface area contributed by atoms with Crippen LogP contribution in [0.25, 0.3) is 0 Å². The van der Waals surface area contributed by atoms with Crippen molar-refractivity contribution in [2.24, 2.45) is 0 Å². The van der Waals surface area contributed by atoms with Crippen LogP contribution in [0.15, 0.2) is 30.3 Å². The number of halogens is 1. The number of benzene rings is 1. The zero-order valence-electron chi connectivity index (χ0n) is 13.9. The average molecular weight is 416 g/mol. The Kier molecular flexibility index (Phi) is 9.76. The van der Waals surface area contributed by atoms with Gasteiger partial charge in [0.15, 0.2) is 0 Å². The number of alkyl halides is 1. The fourth-order valence-corrected chi connectivity index (χ4v) is 3.53. The topological polar surface area (TPSA) is 26.3 Å². The number of carbonyl (C=O) groups is 1. The summed E-state index contributed by atoms with van der Waals surface area (Å²) in [5.41, 5.74) is 1.06. The highest BCUT2D eigenvalue weighted by Crippen LogP contribution is 2.38. The lowest BCUT2D eigenvalue weighted by molar-refractivity contribution is -0.146. The quantitative estimate of drug-likeness (QED) is 0.191.